The molecule has 158 valence electrons. The van der Waals surface area contributed by atoms with Crippen molar-refractivity contribution in [3.63, 3.8) is 0 Å². The number of halogens is 1. The molecule has 1 amide bonds. The fourth-order valence-corrected chi connectivity index (χ4v) is 4.30. The first-order valence-electron chi connectivity index (χ1n) is 10.9. The van der Waals surface area contributed by atoms with E-state index in [4.69, 9.17) is 5.73 Å². The highest BCUT2D eigenvalue weighted by atomic mass is 19.2. The smallest absolute Gasteiger partial charge is 0.267 e. The van der Waals surface area contributed by atoms with Crippen molar-refractivity contribution in [2.75, 3.05) is 6.54 Å². The largest absolute Gasteiger partial charge is 0.320 e. The third-order valence-corrected chi connectivity index (χ3v) is 7.04. The number of nitrogens with zero attached hydrogens (tertiary/aromatic N) is 1. The van der Waals surface area contributed by atoms with Gasteiger partial charge in [0.05, 0.1) is 12.6 Å². The molecule has 0 spiro atoms. The van der Waals surface area contributed by atoms with Crippen LogP contribution >= 0.6 is 0 Å². The molecule has 2 N–H and O–H groups in total. The number of rotatable bonds is 7. The van der Waals surface area contributed by atoms with Gasteiger partial charge in [-0.2, -0.15) is 5.12 Å². The third kappa shape index (κ3) is 4.94. The summed E-state index contributed by atoms with van der Waals surface area (Å²) in [6, 6.07) is 7.86. The van der Waals surface area contributed by atoms with Crippen LogP contribution in [0.25, 0.3) is 0 Å². The number of benzene rings is 1. The standard InChI is InChI=1S/C24H39FN2O/c1-16(2)22(26)23(28)27(25)15-18-11-7-8-12-19(18)20-13-9-10-14-21(20)24(5,6)17(3)4/h9-10,13-14,16-19,22H,7-8,11-12,15,26H2,1-6H3/t18?,19?,22-/m0/s1. The summed E-state index contributed by atoms with van der Waals surface area (Å²) in [5, 5.41) is 0.393. The topological polar surface area (TPSA) is 46.3 Å². The van der Waals surface area contributed by atoms with Gasteiger partial charge in [0, 0.05) is 0 Å². The van der Waals surface area contributed by atoms with Gasteiger partial charge in [-0.05, 0) is 53.1 Å². The maximum absolute atomic E-state index is 14.7. The van der Waals surface area contributed by atoms with Crippen LogP contribution in [-0.2, 0) is 10.2 Å². The van der Waals surface area contributed by atoms with Gasteiger partial charge < -0.3 is 5.73 Å². The zero-order chi connectivity index (χ0) is 21.1. The first kappa shape index (κ1) is 22.9. The van der Waals surface area contributed by atoms with Crippen molar-refractivity contribution < 1.29 is 9.28 Å². The molecule has 3 atom stereocenters. The van der Waals surface area contributed by atoms with Crippen LogP contribution in [0.3, 0.4) is 0 Å². The zero-order valence-corrected chi connectivity index (χ0v) is 18.5. The monoisotopic (exact) mass is 390 g/mol. The van der Waals surface area contributed by atoms with E-state index in [-0.39, 0.29) is 29.7 Å². The molecule has 0 aromatic heterocycles. The molecule has 1 aliphatic carbocycles. The van der Waals surface area contributed by atoms with Crippen LogP contribution in [0.5, 0.6) is 0 Å². The van der Waals surface area contributed by atoms with E-state index in [0.29, 0.717) is 11.0 Å². The molecule has 4 heteroatoms. The Balaban J connectivity index is 2.28. The molecule has 1 fully saturated rings. The molecule has 2 rings (SSSR count). The quantitative estimate of drug-likeness (QED) is 0.617. The van der Waals surface area contributed by atoms with Crippen LogP contribution in [0.4, 0.5) is 4.48 Å². The average molecular weight is 391 g/mol. The van der Waals surface area contributed by atoms with Crippen molar-refractivity contribution >= 4 is 5.91 Å². The van der Waals surface area contributed by atoms with Gasteiger partial charge in [0.2, 0.25) is 0 Å². The summed E-state index contributed by atoms with van der Waals surface area (Å²) < 4.78 is 14.7. The molecule has 1 aromatic rings. The predicted octanol–water partition coefficient (Wildman–Crippen LogP) is 5.59. The second-order valence-electron chi connectivity index (χ2n) is 9.77. The van der Waals surface area contributed by atoms with Crippen LogP contribution in [0.15, 0.2) is 24.3 Å². The second kappa shape index (κ2) is 9.39. The van der Waals surface area contributed by atoms with Gasteiger partial charge in [0.15, 0.2) is 0 Å². The molecular weight excluding hydrogens is 351 g/mol. The lowest BCUT2D eigenvalue weighted by molar-refractivity contribution is -0.151. The first-order chi connectivity index (χ1) is 13.1. The fourth-order valence-electron chi connectivity index (χ4n) is 4.30. The van der Waals surface area contributed by atoms with E-state index in [1.54, 1.807) is 0 Å². The second-order valence-corrected chi connectivity index (χ2v) is 9.77. The maximum Gasteiger partial charge on any atom is 0.267 e. The van der Waals surface area contributed by atoms with Crippen LogP contribution in [0, 0.1) is 17.8 Å². The number of hydrogen-bond acceptors (Lipinski definition) is 2. The Morgan fingerprint density at radius 1 is 1.18 bits per heavy atom. The summed E-state index contributed by atoms with van der Waals surface area (Å²) in [6.45, 7) is 12.9. The first-order valence-corrected chi connectivity index (χ1v) is 10.9. The van der Waals surface area contributed by atoms with E-state index in [9.17, 15) is 9.28 Å². The number of carbonyl (C=O) groups is 1. The van der Waals surface area contributed by atoms with Crippen molar-refractivity contribution in [2.45, 2.75) is 84.6 Å². The molecule has 3 nitrogen and oxygen atoms in total. The van der Waals surface area contributed by atoms with Gasteiger partial charge in [0.25, 0.3) is 5.91 Å². The lowest BCUT2D eigenvalue weighted by Gasteiger charge is -2.39. The van der Waals surface area contributed by atoms with Crippen LogP contribution in [0.2, 0.25) is 0 Å². The van der Waals surface area contributed by atoms with Crippen LogP contribution < -0.4 is 5.73 Å². The predicted molar refractivity (Wildman–Crippen MR) is 115 cm³/mol. The van der Waals surface area contributed by atoms with E-state index >= 15 is 0 Å². The molecule has 0 bridgehead atoms. The summed E-state index contributed by atoms with van der Waals surface area (Å²) in [6.07, 6.45) is 4.25. The van der Waals surface area contributed by atoms with E-state index in [1.807, 2.05) is 13.8 Å². The summed E-state index contributed by atoms with van der Waals surface area (Å²) in [5.74, 6) is 0.255. The minimum atomic E-state index is -0.779. The zero-order valence-electron chi connectivity index (χ0n) is 18.5. The highest BCUT2D eigenvalue weighted by Gasteiger charge is 2.35. The maximum atomic E-state index is 14.7. The Morgan fingerprint density at radius 3 is 2.39 bits per heavy atom. The van der Waals surface area contributed by atoms with Crippen molar-refractivity contribution in [1.29, 1.82) is 0 Å². The summed E-state index contributed by atoms with van der Waals surface area (Å²) in [7, 11) is 0. The van der Waals surface area contributed by atoms with Crippen molar-refractivity contribution in [2.24, 2.45) is 23.5 Å². The lowest BCUT2D eigenvalue weighted by Crippen LogP contribution is -2.45. The van der Waals surface area contributed by atoms with Gasteiger partial charge in [-0.1, -0.05) is 83.1 Å². The molecule has 1 saturated carbocycles. The summed E-state index contributed by atoms with van der Waals surface area (Å²) in [4.78, 5) is 12.3. The minimum absolute atomic E-state index is 0.0454. The normalized spacial score (nSPS) is 21.8. The molecule has 0 saturated heterocycles. The van der Waals surface area contributed by atoms with Gasteiger partial charge >= 0.3 is 0 Å². The van der Waals surface area contributed by atoms with Gasteiger partial charge in [-0.25, -0.2) is 0 Å². The van der Waals surface area contributed by atoms with Gasteiger partial charge in [-0.15, -0.1) is 0 Å². The number of amides is 1. The Morgan fingerprint density at radius 2 is 1.79 bits per heavy atom. The summed E-state index contributed by atoms with van der Waals surface area (Å²) >= 11 is 0. The molecular formula is C24H39FN2O. The van der Waals surface area contributed by atoms with E-state index in [2.05, 4.69) is 52.0 Å². The molecule has 1 aliphatic rings. The highest BCUT2D eigenvalue weighted by Crippen LogP contribution is 2.44. The van der Waals surface area contributed by atoms with E-state index in [1.165, 1.54) is 11.1 Å². The van der Waals surface area contributed by atoms with Crippen molar-refractivity contribution in [1.82, 2.24) is 5.12 Å². The molecule has 0 radical (unpaired) electrons. The lowest BCUT2D eigenvalue weighted by atomic mass is 9.67. The number of nitrogens with two attached hydrogens (primary N) is 1. The van der Waals surface area contributed by atoms with E-state index < -0.39 is 11.9 Å². The Hall–Kier alpha value is -1.42. The molecule has 0 heterocycles. The minimum Gasteiger partial charge on any atom is -0.320 e. The Kier molecular flexibility index (Phi) is 7.66. The van der Waals surface area contributed by atoms with Crippen molar-refractivity contribution in [3.05, 3.63) is 35.4 Å². The third-order valence-electron chi connectivity index (χ3n) is 7.04. The number of carbonyl (C=O) groups excluding carboxylic acids is 1. The van der Waals surface area contributed by atoms with Crippen molar-refractivity contribution in [3.8, 4) is 0 Å². The van der Waals surface area contributed by atoms with Gasteiger partial charge in [-0.3, -0.25) is 4.79 Å². The highest BCUT2D eigenvalue weighted by molar-refractivity contribution is 5.80. The van der Waals surface area contributed by atoms with E-state index in [0.717, 1.165) is 25.7 Å². The molecule has 0 aliphatic heterocycles. The van der Waals surface area contributed by atoms with Crippen LogP contribution in [0.1, 0.15) is 84.3 Å². The SMILES string of the molecule is CC(C)[C@H](N)C(=O)N(F)CC1CCCCC1c1ccccc1C(C)(C)C(C)C. The van der Waals surface area contributed by atoms with Gasteiger partial charge in [0.1, 0.15) is 0 Å². The fraction of sp³-hybridized carbons (Fsp3) is 0.708. The average Bonchev–Trinajstić information content (AvgIpc) is 2.66. The molecule has 1 aromatic carbocycles. The molecule has 28 heavy (non-hydrogen) atoms. The van der Waals surface area contributed by atoms with Crippen LogP contribution in [-0.4, -0.2) is 23.6 Å². The molecule has 2 unspecified atom stereocenters. The Bertz CT molecular complexity index is 656. The summed E-state index contributed by atoms with van der Waals surface area (Å²) in [5.41, 5.74) is 8.63. The number of hydrogen-bond donors (Lipinski definition) is 1. The Labute approximate surface area is 170 Å².